The van der Waals surface area contributed by atoms with Crippen LogP contribution in [0.15, 0.2) is 34.9 Å². The third kappa shape index (κ3) is 5.84. The van der Waals surface area contributed by atoms with E-state index < -0.39 is 0 Å². The number of aryl methyl sites for hydroxylation is 2. The minimum atomic E-state index is -0.221. The molecule has 0 heterocycles. The number of allylic oxidation sites excluding steroid dienone is 2. The largest absolute Gasteiger partial charge is 0.484 e. The van der Waals surface area contributed by atoms with Crippen molar-refractivity contribution in [3.63, 3.8) is 0 Å². The number of ether oxygens (including phenoxy) is 1. The molecule has 0 radical (unpaired) electrons. The maximum absolute atomic E-state index is 11.9. The van der Waals surface area contributed by atoms with Crippen LogP contribution >= 0.6 is 0 Å². The molecule has 24 heavy (non-hydrogen) atoms. The van der Waals surface area contributed by atoms with Crippen LogP contribution in [0.4, 0.5) is 0 Å². The second-order valence-corrected chi connectivity index (χ2v) is 6.43. The van der Waals surface area contributed by atoms with Crippen molar-refractivity contribution in [2.45, 2.75) is 59.3 Å². The number of amides is 1. The summed E-state index contributed by atoms with van der Waals surface area (Å²) < 4.78 is 5.56. The van der Waals surface area contributed by atoms with Gasteiger partial charge in [0, 0.05) is 0 Å². The number of hydrazone groups is 1. The SMILES string of the molecule is CCCCCC1=CCCC1=NNC(=O)COc1cc(C)cc(C)c1. The molecule has 0 spiro atoms. The van der Waals surface area contributed by atoms with Gasteiger partial charge in [0.2, 0.25) is 0 Å². The molecular weight excluding hydrogens is 300 g/mol. The fourth-order valence-corrected chi connectivity index (χ4v) is 2.93. The lowest BCUT2D eigenvalue weighted by atomic mass is 10.1. The molecule has 1 amide bonds. The van der Waals surface area contributed by atoms with E-state index in [2.05, 4.69) is 29.6 Å². The molecule has 0 bridgehead atoms. The molecule has 0 aliphatic heterocycles. The zero-order valence-electron chi connectivity index (χ0n) is 15.0. The predicted molar refractivity (Wildman–Crippen MR) is 98.4 cm³/mol. The fourth-order valence-electron chi connectivity index (χ4n) is 2.93. The Labute approximate surface area is 145 Å². The molecule has 1 aliphatic carbocycles. The monoisotopic (exact) mass is 328 g/mol. The number of carbonyl (C=O) groups excluding carboxylic acids is 1. The Morgan fingerprint density at radius 3 is 2.67 bits per heavy atom. The molecule has 0 aromatic heterocycles. The molecule has 4 heteroatoms. The van der Waals surface area contributed by atoms with Crippen molar-refractivity contribution in [2.24, 2.45) is 5.10 Å². The summed E-state index contributed by atoms with van der Waals surface area (Å²) in [6.07, 6.45) is 8.88. The Kier molecular flexibility index (Phi) is 7.04. The summed E-state index contributed by atoms with van der Waals surface area (Å²) in [6.45, 7) is 6.21. The van der Waals surface area contributed by atoms with Crippen LogP contribution in [0.5, 0.6) is 5.75 Å². The summed E-state index contributed by atoms with van der Waals surface area (Å²) in [4.78, 5) is 11.9. The Bertz CT molecular complexity index is 612. The van der Waals surface area contributed by atoms with Gasteiger partial charge in [-0.1, -0.05) is 31.9 Å². The third-order valence-electron chi connectivity index (χ3n) is 4.07. The standard InChI is InChI=1S/C20H28N2O2/c1-4-5-6-8-17-9-7-10-19(17)21-22-20(23)14-24-18-12-15(2)11-16(3)13-18/h9,11-13H,4-8,10,14H2,1-3H3,(H,22,23). The molecule has 2 rings (SSSR count). The first-order chi connectivity index (χ1) is 11.6. The number of nitrogens with zero attached hydrogens (tertiary/aromatic N) is 1. The highest BCUT2D eigenvalue weighted by atomic mass is 16.5. The van der Waals surface area contributed by atoms with Gasteiger partial charge in [-0.3, -0.25) is 4.79 Å². The molecule has 1 aromatic carbocycles. The van der Waals surface area contributed by atoms with Gasteiger partial charge in [-0.2, -0.15) is 5.10 Å². The first-order valence-electron chi connectivity index (χ1n) is 8.84. The van der Waals surface area contributed by atoms with Crippen molar-refractivity contribution in [3.05, 3.63) is 41.0 Å². The second kappa shape index (κ2) is 9.26. The zero-order chi connectivity index (χ0) is 17.4. The van der Waals surface area contributed by atoms with Crippen molar-refractivity contribution in [3.8, 4) is 5.75 Å². The maximum Gasteiger partial charge on any atom is 0.277 e. The van der Waals surface area contributed by atoms with Gasteiger partial charge in [-0.15, -0.1) is 0 Å². The lowest BCUT2D eigenvalue weighted by molar-refractivity contribution is -0.123. The third-order valence-corrected chi connectivity index (χ3v) is 4.07. The van der Waals surface area contributed by atoms with Crippen LogP contribution in [0.3, 0.4) is 0 Å². The number of hydrogen-bond donors (Lipinski definition) is 1. The van der Waals surface area contributed by atoms with Gasteiger partial charge in [-0.25, -0.2) is 5.43 Å². The van der Waals surface area contributed by atoms with Gasteiger partial charge >= 0.3 is 0 Å². The van der Waals surface area contributed by atoms with Crippen LogP contribution in [0.25, 0.3) is 0 Å². The molecule has 1 N–H and O–H groups in total. The average molecular weight is 328 g/mol. The summed E-state index contributed by atoms with van der Waals surface area (Å²) in [5.74, 6) is 0.498. The molecule has 4 nitrogen and oxygen atoms in total. The van der Waals surface area contributed by atoms with Gasteiger partial charge in [-0.05, 0) is 68.4 Å². The number of nitrogens with one attached hydrogen (secondary N) is 1. The smallest absolute Gasteiger partial charge is 0.277 e. The van der Waals surface area contributed by atoms with E-state index >= 15 is 0 Å². The number of benzene rings is 1. The van der Waals surface area contributed by atoms with Crippen LogP contribution in [-0.2, 0) is 4.79 Å². The van der Waals surface area contributed by atoms with Crippen molar-refractivity contribution in [2.75, 3.05) is 6.61 Å². The fraction of sp³-hybridized carbons (Fsp3) is 0.500. The van der Waals surface area contributed by atoms with E-state index in [-0.39, 0.29) is 12.5 Å². The van der Waals surface area contributed by atoms with Gasteiger partial charge < -0.3 is 4.74 Å². The molecule has 130 valence electrons. The quantitative estimate of drug-likeness (QED) is 0.566. The molecular formula is C20H28N2O2. The van der Waals surface area contributed by atoms with E-state index in [1.807, 2.05) is 26.0 Å². The van der Waals surface area contributed by atoms with E-state index in [9.17, 15) is 4.79 Å². The molecule has 0 saturated carbocycles. The summed E-state index contributed by atoms with van der Waals surface area (Å²) in [6, 6.07) is 5.93. The average Bonchev–Trinajstić information content (AvgIpc) is 2.98. The molecule has 0 unspecified atom stereocenters. The topological polar surface area (TPSA) is 50.7 Å². The van der Waals surface area contributed by atoms with E-state index in [4.69, 9.17) is 4.74 Å². The Hall–Kier alpha value is -2.10. The minimum Gasteiger partial charge on any atom is -0.484 e. The van der Waals surface area contributed by atoms with Gasteiger partial charge in [0.25, 0.3) is 5.91 Å². The maximum atomic E-state index is 11.9. The van der Waals surface area contributed by atoms with E-state index in [0.717, 1.165) is 41.9 Å². The molecule has 1 aromatic rings. The highest BCUT2D eigenvalue weighted by molar-refractivity contribution is 6.02. The molecule has 0 fully saturated rings. The number of unbranched alkanes of at least 4 members (excludes halogenated alkanes) is 2. The minimum absolute atomic E-state index is 0.0193. The summed E-state index contributed by atoms with van der Waals surface area (Å²) in [5, 5.41) is 4.30. The molecule has 1 aliphatic rings. The number of carbonyl (C=O) groups is 1. The van der Waals surface area contributed by atoms with Crippen LogP contribution < -0.4 is 10.2 Å². The number of rotatable bonds is 8. The Morgan fingerprint density at radius 2 is 1.96 bits per heavy atom. The lowest BCUT2D eigenvalue weighted by Gasteiger charge is -2.08. The Morgan fingerprint density at radius 1 is 1.21 bits per heavy atom. The summed E-state index contributed by atoms with van der Waals surface area (Å²) in [7, 11) is 0. The highest BCUT2D eigenvalue weighted by Crippen LogP contribution is 2.21. The van der Waals surface area contributed by atoms with Crippen molar-refractivity contribution in [1.29, 1.82) is 0 Å². The van der Waals surface area contributed by atoms with Crippen molar-refractivity contribution in [1.82, 2.24) is 5.43 Å². The van der Waals surface area contributed by atoms with Gasteiger partial charge in [0.15, 0.2) is 6.61 Å². The van der Waals surface area contributed by atoms with Crippen LogP contribution in [-0.4, -0.2) is 18.2 Å². The molecule has 0 saturated heterocycles. The first kappa shape index (κ1) is 18.2. The first-order valence-corrected chi connectivity index (χ1v) is 8.84. The predicted octanol–water partition coefficient (Wildman–Crippen LogP) is 4.45. The normalized spacial score (nSPS) is 15.5. The van der Waals surface area contributed by atoms with E-state index in [1.165, 1.54) is 24.8 Å². The van der Waals surface area contributed by atoms with Crippen molar-refractivity contribution < 1.29 is 9.53 Å². The summed E-state index contributed by atoms with van der Waals surface area (Å²) >= 11 is 0. The van der Waals surface area contributed by atoms with E-state index in [0.29, 0.717) is 0 Å². The Balaban J connectivity index is 1.80. The van der Waals surface area contributed by atoms with Crippen LogP contribution in [0, 0.1) is 13.8 Å². The van der Waals surface area contributed by atoms with E-state index in [1.54, 1.807) is 0 Å². The zero-order valence-corrected chi connectivity index (χ0v) is 15.0. The van der Waals surface area contributed by atoms with Crippen LogP contribution in [0.1, 0.15) is 56.6 Å². The number of hydrogen-bond acceptors (Lipinski definition) is 3. The lowest BCUT2D eigenvalue weighted by Crippen LogP contribution is -2.25. The van der Waals surface area contributed by atoms with Crippen molar-refractivity contribution >= 4 is 11.6 Å². The highest BCUT2D eigenvalue weighted by Gasteiger charge is 2.13. The van der Waals surface area contributed by atoms with Crippen LogP contribution in [0.2, 0.25) is 0 Å². The second-order valence-electron chi connectivity index (χ2n) is 6.43. The van der Waals surface area contributed by atoms with Gasteiger partial charge in [0.1, 0.15) is 5.75 Å². The molecule has 0 atom stereocenters. The summed E-state index contributed by atoms with van der Waals surface area (Å²) in [5.41, 5.74) is 7.18. The van der Waals surface area contributed by atoms with Gasteiger partial charge in [0.05, 0.1) is 5.71 Å².